The van der Waals surface area contributed by atoms with Crippen molar-refractivity contribution < 1.29 is 19.5 Å². The van der Waals surface area contributed by atoms with Crippen LogP contribution in [-0.2, 0) is 9.59 Å². The zero-order chi connectivity index (χ0) is 15.4. The Morgan fingerprint density at radius 3 is 2.00 bits per heavy atom. The fourth-order valence-corrected chi connectivity index (χ4v) is 2.41. The van der Waals surface area contributed by atoms with Gasteiger partial charge < -0.3 is 10.0 Å². The van der Waals surface area contributed by atoms with Gasteiger partial charge in [0.1, 0.15) is 0 Å². The quantitative estimate of drug-likeness (QED) is 0.757. The van der Waals surface area contributed by atoms with Crippen LogP contribution in [0.1, 0.15) is 47.0 Å². The van der Waals surface area contributed by atoms with E-state index >= 15 is 0 Å². The molecule has 1 saturated heterocycles. The molecule has 6 heteroatoms. The van der Waals surface area contributed by atoms with Gasteiger partial charge in [0.05, 0.1) is 0 Å². The SMILES string of the molecule is CC(C(=O)O)=C(C)C(=O)NC(=O)N1[C@H](C)CCC[C@@H]1C. The summed E-state index contributed by atoms with van der Waals surface area (Å²) >= 11 is 0. The van der Waals surface area contributed by atoms with E-state index in [-0.39, 0.29) is 23.2 Å². The van der Waals surface area contributed by atoms with Crippen LogP contribution in [0.5, 0.6) is 0 Å². The lowest BCUT2D eigenvalue weighted by Crippen LogP contribution is -2.53. The minimum atomic E-state index is -1.16. The van der Waals surface area contributed by atoms with Crippen LogP contribution in [0.3, 0.4) is 0 Å². The fraction of sp³-hybridized carbons (Fsp3) is 0.643. The number of hydrogen-bond donors (Lipinski definition) is 2. The molecule has 1 aliphatic rings. The number of carbonyl (C=O) groups is 3. The van der Waals surface area contributed by atoms with E-state index in [1.54, 1.807) is 4.90 Å². The van der Waals surface area contributed by atoms with Crippen LogP contribution >= 0.6 is 0 Å². The Kier molecular flexibility index (Phi) is 5.30. The molecule has 0 bridgehead atoms. The number of urea groups is 1. The number of nitrogens with zero attached hydrogens (tertiary/aromatic N) is 1. The normalized spacial score (nSPS) is 23.9. The molecule has 112 valence electrons. The molecular formula is C14H22N2O4. The first-order chi connectivity index (χ1) is 9.25. The summed E-state index contributed by atoms with van der Waals surface area (Å²) in [4.78, 5) is 36.5. The molecule has 0 spiro atoms. The molecule has 2 atom stereocenters. The van der Waals surface area contributed by atoms with Gasteiger partial charge in [-0.2, -0.15) is 0 Å². The van der Waals surface area contributed by atoms with Crippen LogP contribution in [0.4, 0.5) is 4.79 Å². The van der Waals surface area contributed by atoms with E-state index in [0.717, 1.165) is 19.3 Å². The van der Waals surface area contributed by atoms with Crippen molar-refractivity contribution in [2.24, 2.45) is 0 Å². The molecular weight excluding hydrogens is 260 g/mol. The molecule has 2 N–H and O–H groups in total. The summed E-state index contributed by atoms with van der Waals surface area (Å²) < 4.78 is 0. The van der Waals surface area contributed by atoms with Crippen LogP contribution in [0.15, 0.2) is 11.1 Å². The van der Waals surface area contributed by atoms with Crippen molar-refractivity contribution in [3.8, 4) is 0 Å². The van der Waals surface area contributed by atoms with Gasteiger partial charge in [0.25, 0.3) is 5.91 Å². The number of nitrogens with one attached hydrogen (secondary N) is 1. The zero-order valence-corrected chi connectivity index (χ0v) is 12.4. The van der Waals surface area contributed by atoms with Crippen molar-refractivity contribution in [1.29, 1.82) is 0 Å². The largest absolute Gasteiger partial charge is 0.478 e. The van der Waals surface area contributed by atoms with Crippen molar-refractivity contribution >= 4 is 17.9 Å². The lowest BCUT2D eigenvalue weighted by Gasteiger charge is -2.38. The third-order valence-electron chi connectivity index (χ3n) is 3.87. The number of carboxylic acid groups (broad SMARTS) is 1. The second-order valence-electron chi connectivity index (χ2n) is 5.35. The molecule has 0 saturated carbocycles. The molecule has 3 amide bonds. The summed E-state index contributed by atoms with van der Waals surface area (Å²) in [6.07, 6.45) is 2.89. The topological polar surface area (TPSA) is 86.7 Å². The standard InChI is InChI=1S/C14H22N2O4/c1-8-6-5-7-9(2)16(8)14(20)15-12(17)10(3)11(4)13(18)19/h8-9H,5-7H2,1-4H3,(H,18,19)(H,15,17,20)/t8-,9+. The van der Waals surface area contributed by atoms with Gasteiger partial charge in [0.15, 0.2) is 0 Å². The van der Waals surface area contributed by atoms with Crippen LogP contribution in [0, 0.1) is 0 Å². The monoisotopic (exact) mass is 282 g/mol. The highest BCUT2D eigenvalue weighted by Crippen LogP contribution is 2.22. The number of likely N-dealkylation sites (tertiary alicyclic amines) is 1. The second kappa shape index (κ2) is 6.54. The van der Waals surface area contributed by atoms with Gasteiger partial charge in [0.2, 0.25) is 0 Å². The summed E-state index contributed by atoms with van der Waals surface area (Å²) in [5, 5.41) is 11.1. The Labute approximate surface area is 118 Å². The number of imide groups is 1. The third-order valence-corrected chi connectivity index (χ3v) is 3.87. The van der Waals surface area contributed by atoms with E-state index in [9.17, 15) is 14.4 Å². The van der Waals surface area contributed by atoms with Crippen molar-refractivity contribution in [3.05, 3.63) is 11.1 Å². The molecule has 0 aromatic rings. The number of hydrogen-bond acceptors (Lipinski definition) is 3. The Morgan fingerprint density at radius 1 is 1.05 bits per heavy atom. The molecule has 0 aromatic heterocycles. The van der Waals surface area contributed by atoms with Gasteiger partial charge in [-0.15, -0.1) is 0 Å². The molecule has 1 heterocycles. The summed E-state index contributed by atoms with van der Waals surface area (Å²) in [6.45, 7) is 6.64. The number of carboxylic acids is 1. The zero-order valence-electron chi connectivity index (χ0n) is 12.4. The molecule has 20 heavy (non-hydrogen) atoms. The maximum Gasteiger partial charge on any atom is 0.331 e. The molecule has 0 radical (unpaired) electrons. The molecule has 1 aliphatic heterocycles. The predicted octanol–water partition coefficient (Wildman–Crippen LogP) is 1.91. The second-order valence-corrected chi connectivity index (χ2v) is 5.35. The van der Waals surface area contributed by atoms with Crippen molar-refractivity contribution in [2.45, 2.75) is 59.0 Å². The highest BCUT2D eigenvalue weighted by molar-refractivity contribution is 6.07. The maximum atomic E-state index is 12.2. The predicted molar refractivity (Wildman–Crippen MR) is 74.2 cm³/mol. The van der Waals surface area contributed by atoms with E-state index < -0.39 is 17.9 Å². The number of piperidine rings is 1. The number of rotatable bonds is 2. The lowest BCUT2D eigenvalue weighted by molar-refractivity contribution is -0.133. The van der Waals surface area contributed by atoms with Crippen LogP contribution in [-0.4, -0.2) is 40.0 Å². The first-order valence-electron chi connectivity index (χ1n) is 6.80. The van der Waals surface area contributed by atoms with E-state index in [4.69, 9.17) is 5.11 Å². The average molecular weight is 282 g/mol. The highest BCUT2D eigenvalue weighted by atomic mass is 16.4. The number of amides is 3. The summed E-state index contributed by atoms with van der Waals surface area (Å²) in [5.74, 6) is -1.82. The van der Waals surface area contributed by atoms with Gasteiger partial charge in [-0.3, -0.25) is 10.1 Å². The fourth-order valence-electron chi connectivity index (χ4n) is 2.41. The van der Waals surface area contributed by atoms with Crippen molar-refractivity contribution in [2.75, 3.05) is 0 Å². The van der Waals surface area contributed by atoms with Gasteiger partial charge in [-0.1, -0.05) is 0 Å². The Bertz CT molecular complexity index is 446. The van der Waals surface area contributed by atoms with E-state index in [1.165, 1.54) is 13.8 Å². The molecule has 1 rings (SSSR count). The number of carbonyl (C=O) groups excluding carboxylic acids is 2. The first kappa shape index (κ1) is 16.2. The van der Waals surface area contributed by atoms with Crippen LogP contribution in [0.2, 0.25) is 0 Å². The van der Waals surface area contributed by atoms with E-state index in [1.807, 2.05) is 13.8 Å². The van der Waals surface area contributed by atoms with E-state index in [0.29, 0.717) is 0 Å². The van der Waals surface area contributed by atoms with Crippen LogP contribution in [0.25, 0.3) is 0 Å². The van der Waals surface area contributed by atoms with Gasteiger partial charge in [-0.25, -0.2) is 9.59 Å². The minimum Gasteiger partial charge on any atom is -0.478 e. The van der Waals surface area contributed by atoms with Gasteiger partial charge >= 0.3 is 12.0 Å². The third kappa shape index (κ3) is 3.59. The van der Waals surface area contributed by atoms with Gasteiger partial charge in [0, 0.05) is 23.2 Å². The highest BCUT2D eigenvalue weighted by Gasteiger charge is 2.30. The molecule has 6 nitrogen and oxygen atoms in total. The summed E-state index contributed by atoms with van der Waals surface area (Å²) in [7, 11) is 0. The molecule has 0 unspecified atom stereocenters. The lowest BCUT2D eigenvalue weighted by atomic mass is 9.98. The molecule has 0 aromatic carbocycles. The van der Waals surface area contributed by atoms with Crippen molar-refractivity contribution in [3.63, 3.8) is 0 Å². The van der Waals surface area contributed by atoms with Gasteiger partial charge in [-0.05, 0) is 47.0 Å². The van der Waals surface area contributed by atoms with E-state index in [2.05, 4.69) is 5.32 Å². The Morgan fingerprint density at radius 2 is 1.55 bits per heavy atom. The summed E-state index contributed by atoms with van der Waals surface area (Å²) in [5.41, 5.74) is -0.0155. The minimum absolute atomic E-state index is 0.0446. The molecule has 1 fully saturated rings. The maximum absolute atomic E-state index is 12.2. The molecule has 0 aliphatic carbocycles. The summed E-state index contributed by atoms with van der Waals surface area (Å²) in [6, 6.07) is -0.292. The first-order valence-corrected chi connectivity index (χ1v) is 6.80. The van der Waals surface area contributed by atoms with Crippen molar-refractivity contribution in [1.82, 2.24) is 10.2 Å². The number of aliphatic carboxylic acids is 1. The Balaban J connectivity index is 2.77. The van der Waals surface area contributed by atoms with Crippen LogP contribution < -0.4 is 5.32 Å². The smallest absolute Gasteiger partial charge is 0.331 e. The Hall–Kier alpha value is -1.85. The average Bonchev–Trinajstić information content (AvgIpc) is 2.36.